The molecule has 0 spiro atoms. The number of aryl methyl sites for hydroxylation is 2. The van der Waals surface area contributed by atoms with E-state index in [1.807, 2.05) is 38.1 Å². The van der Waals surface area contributed by atoms with Gasteiger partial charge in [-0.1, -0.05) is 35.4 Å². The molecule has 0 bridgehead atoms. The van der Waals surface area contributed by atoms with E-state index in [-0.39, 0.29) is 12.8 Å². The molecule has 2 N–H and O–H groups in total. The molecule has 0 radical (unpaired) electrons. The van der Waals surface area contributed by atoms with Crippen LogP contribution in [0.25, 0.3) is 0 Å². The first kappa shape index (κ1) is 17.4. The van der Waals surface area contributed by atoms with E-state index in [2.05, 4.69) is 10.6 Å². The zero-order chi connectivity index (χ0) is 17.5. The van der Waals surface area contributed by atoms with E-state index >= 15 is 0 Å². The van der Waals surface area contributed by atoms with Gasteiger partial charge in [-0.15, -0.1) is 0 Å². The molecule has 0 heterocycles. The predicted octanol–water partition coefficient (Wildman–Crippen LogP) is 3.23. The van der Waals surface area contributed by atoms with Gasteiger partial charge >= 0.3 is 0 Å². The smallest absolute Gasteiger partial charge is 0.231 e. The van der Waals surface area contributed by atoms with Crippen molar-refractivity contribution in [2.75, 3.05) is 10.6 Å². The van der Waals surface area contributed by atoms with Crippen molar-refractivity contribution in [3.05, 3.63) is 59.7 Å². The van der Waals surface area contributed by atoms with Gasteiger partial charge in [0.05, 0.1) is 12.8 Å². The molecule has 124 valence electrons. The van der Waals surface area contributed by atoms with Crippen molar-refractivity contribution in [2.24, 2.45) is 0 Å². The quantitative estimate of drug-likeness (QED) is 0.801. The van der Waals surface area contributed by atoms with E-state index in [1.54, 1.807) is 24.3 Å². The van der Waals surface area contributed by atoms with Crippen LogP contribution in [0.3, 0.4) is 0 Å². The van der Waals surface area contributed by atoms with Gasteiger partial charge in [0.15, 0.2) is 5.78 Å². The van der Waals surface area contributed by atoms with Gasteiger partial charge in [0.1, 0.15) is 0 Å². The molecule has 5 nitrogen and oxygen atoms in total. The fourth-order valence-corrected chi connectivity index (χ4v) is 2.10. The van der Waals surface area contributed by atoms with Crippen molar-refractivity contribution >= 4 is 29.0 Å². The Morgan fingerprint density at radius 1 is 0.667 bits per heavy atom. The topological polar surface area (TPSA) is 75.3 Å². The maximum Gasteiger partial charge on any atom is 0.231 e. The van der Waals surface area contributed by atoms with Crippen LogP contribution in [0.4, 0.5) is 11.4 Å². The summed E-state index contributed by atoms with van der Waals surface area (Å²) >= 11 is 0. The van der Waals surface area contributed by atoms with E-state index in [1.165, 1.54) is 0 Å². The van der Waals surface area contributed by atoms with Gasteiger partial charge in [-0.25, -0.2) is 0 Å². The predicted molar refractivity (Wildman–Crippen MR) is 93.9 cm³/mol. The largest absolute Gasteiger partial charge is 0.326 e. The maximum atomic E-state index is 11.8. The van der Waals surface area contributed by atoms with E-state index in [9.17, 15) is 14.4 Å². The molecule has 5 heteroatoms. The monoisotopic (exact) mass is 324 g/mol. The Balaban J connectivity index is 1.79. The van der Waals surface area contributed by atoms with E-state index in [4.69, 9.17) is 0 Å². The first-order valence-electron chi connectivity index (χ1n) is 7.67. The summed E-state index contributed by atoms with van der Waals surface area (Å²) < 4.78 is 0. The fourth-order valence-electron chi connectivity index (χ4n) is 2.10. The third-order valence-corrected chi connectivity index (χ3v) is 3.39. The van der Waals surface area contributed by atoms with Crippen LogP contribution in [0.15, 0.2) is 48.5 Å². The summed E-state index contributed by atoms with van der Waals surface area (Å²) in [5.41, 5.74) is 3.42. The Morgan fingerprint density at radius 2 is 1.00 bits per heavy atom. The maximum absolute atomic E-state index is 11.8. The molecule has 0 fully saturated rings. The average Bonchev–Trinajstić information content (AvgIpc) is 2.51. The number of nitrogens with one attached hydrogen (secondary N) is 2. The van der Waals surface area contributed by atoms with Gasteiger partial charge in [0.2, 0.25) is 11.8 Å². The van der Waals surface area contributed by atoms with E-state index in [0.717, 1.165) is 11.1 Å². The molecule has 0 saturated heterocycles. The molecular weight excluding hydrogens is 304 g/mol. The Labute approximate surface area is 141 Å². The molecule has 0 aliphatic heterocycles. The summed E-state index contributed by atoms with van der Waals surface area (Å²) in [4.78, 5) is 35.5. The molecule has 24 heavy (non-hydrogen) atoms. The number of amides is 2. The standard InChI is InChI=1S/C19H20N2O3/c1-13-3-7-15(8-4-13)20-18(23)11-17(22)12-19(24)21-16-9-5-14(2)6-10-16/h3-10H,11-12H2,1-2H3,(H,20,23)(H,21,24). The van der Waals surface area contributed by atoms with Crippen LogP contribution >= 0.6 is 0 Å². The fraction of sp³-hybridized carbons (Fsp3) is 0.211. The van der Waals surface area contributed by atoms with Crippen molar-refractivity contribution < 1.29 is 14.4 Å². The number of rotatable bonds is 6. The third-order valence-electron chi connectivity index (χ3n) is 3.39. The number of benzene rings is 2. The third kappa shape index (κ3) is 5.68. The number of hydrogen-bond acceptors (Lipinski definition) is 3. The number of carbonyl (C=O) groups excluding carboxylic acids is 3. The Hall–Kier alpha value is -2.95. The molecule has 2 amide bonds. The van der Waals surface area contributed by atoms with Crippen molar-refractivity contribution in [1.82, 2.24) is 0 Å². The number of ketones is 1. The lowest BCUT2D eigenvalue weighted by Crippen LogP contribution is -2.21. The van der Waals surface area contributed by atoms with Crippen LogP contribution < -0.4 is 10.6 Å². The molecule has 0 unspecified atom stereocenters. The van der Waals surface area contributed by atoms with Crippen molar-refractivity contribution in [3.8, 4) is 0 Å². The summed E-state index contributed by atoms with van der Waals surface area (Å²) in [6.45, 7) is 3.89. The first-order chi connectivity index (χ1) is 11.4. The lowest BCUT2D eigenvalue weighted by molar-refractivity contribution is -0.128. The Kier molecular flexibility index (Phi) is 5.84. The Morgan fingerprint density at radius 3 is 1.33 bits per heavy atom. The molecule has 2 aromatic rings. The first-order valence-corrected chi connectivity index (χ1v) is 7.67. The van der Waals surface area contributed by atoms with Gasteiger partial charge in [-0.2, -0.15) is 0 Å². The molecule has 0 aliphatic rings. The van der Waals surface area contributed by atoms with Crippen LogP contribution in [0, 0.1) is 13.8 Å². The van der Waals surface area contributed by atoms with Gasteiger partial charge < -0.3 is 10.6 Å². The molecule has 0 atom stereocenters. The molecule has 2 rings (SSSR count). The minimum atomic E-state index is -0.427. The van der Waals surface area contributed by atoms with Crippen LogP contribution in [-0.4, -0.2) is 17.6 Å². The molecule has 0 aromatic heterocycles. The summed E-state index contributed by atoms with van der Waals surface area (Å²) in [7, 11) is 0. The highest BCUT2D eigenvalue weighted by Gasteiger charge is 2.14. The highest BCUT2D eigenvalue weighted by atomic mass is 16.2. The SMILES string of the molecule is Cc1ccc(NC(=O)CC(=O)CC(=O)Nc2ccc(C)cc2)cc1. The second-order valence-electron chi connectivity index (χ2n) is 5.72. The summed E-state index contributed by atoms with van der Waals surface area (Å²) in [5, 5.41) is 5.28. The number of hydrogen-bond donors (Lipinski definition) is 2. The zero-order valence-electron chi connectivity index (χ0n) is 13.8. The van der Waals surface area contributed by atoms with Gasteiger partial charge in [0.25, 0.3) is 0 Å². The van der Waals surface area contributed by atoms with E-state index in [0.29, 0.717) is 11.4 Å². The van der Waals surface area contributed by atoms with Crippen LogP contribution in [0.1, 0.15) is 24.0 Å². The molecule has 2 aromatic carbocycles. The van der Waals surface area contributed by atoms with Crippen molar-refractivity contribution in [1.29, 1.82) is 0 Å². The molecular formula is C19H20N2O3. The van der Waals surface area contributed by atoms with Gasteiger partial charge in [-0.3, -0.25) is 14.4 Å². The highest BCUT2D eigenvalue weighted by molar-refractivity contribution is 6.11. The minimum absolute atomic E-state index is 0.324. The van der Waals surface area contributed by atoms with E-state index < -0.39 is 17.6 Å². The summed E-state index contributed by atoms with van der Waals surface area (Å²) in [6, 6.07) is 14.5. The minimum Gasteiger partial charge on any atom is -0.326 e. The number of Topliss-reactive ketones (excluding diaryl/α,β-unsaturated/α-hetero) is 1. The lowest BCUT2D eigenvalue weighted by atomic mass is 10.1. The summed E-state index contributed by atoms with van der Waals surface area (Å²) in [6.07, 6.45) is -0.648. The zero-order valence-corrected chi connectivity index (χ0v) is 13.8. The molecule has 0 aliphatic carbocycles. The van der Waals surface area contributed by atoms with Crippen LogP contribution in [0.5, 0.6) is 0 Å². The van der Waals surface area contributed by atoms with Gasteiger partial charge in [-0.05, 0) is 38.1 Å². The number of carbonyl (C=O) groups is 3. The van der Waals surface area contributed by atoms with Gasteiger partial charge in [0, 0.05) is 11.4 Å². The van der Waals surface area contributed by atoms with Crippen LogP contribution in [-0.2, 0) is 14.4 Å². The lowest BCUT2D eigenvalue weighted by Gasteiger charge is -2.06. The Bertz CT molecular complexity index is 671. The second-order valence-corrected chi connectivity index (χ2v) is 5.72. The number of anilines is 2. The second kappa shape index (κ2) is 8.06. The highest BCUT2D eigenvalue weighted by Crippen LogP contribution is 2.10. The van der Waals surface area contributed by atoms with Crippen molar-refractivity contribution in [2.45, 2.75) is 26.7 Å². The normalized spacial score (nSPS) is 10.1. The molecule has 0 saturated carbocycles. The average molecular weight is 324 g/mol. The van der Waals surface area contributed by atoms with Crippen LogP contribution in [0.2, 0.25) is 0 Å². The van der Waals surface area contributed by atoms with Crippen molar-refractivity contribution in [3.63, 3.8) is 0 Å². The summed E-state index contributed by atoms with van der Waals surface area (Å²) in [5.74, 6) is -1.27.